The lowest BCUT2D eigenvalue weighted by Gasteiger charge is -2.30. The van der Waals surface area contributed by atoms with Crippen molar-refractivity contribution in [1.29, 1.82) is 0 Å². The van der Waals surface area contributed by atoms with Gasteiger partial charge in [-0.05, 0) is 114 Å². The highest BCUT2D eigenvalue weighted by molar-refractivity contribution is 5.94. The molecular weight excluding hydrogens is 869 g/mol. The van der Waals surface area contributed by atoms with Gasteiger partial charge in [0.1, 0.15) is 36.2 Å². The SMILES string of the molecule is CCC(C)CC(C)CCCCCCCCC(=O)N[C@@H](C[C@@H](O)CNC(=O)C1CCCN1C(=O)C(CCCN)NC(=O)C(CCc1ccc(O)cc1)NC)C(=O)NC(CC)C(=O)N1CCCC1C=O. The average Bonchev–Trinajstić information content (AvgIpc) is 4.03. The maximum atomic E-state index is 14.0. The van der Waals surface area contributed by atoms with Gasteiger partial charge in [-0.2, -0.15) is 0 Å². The van der Waals surface area contributed by atoms with Gasteiger partial charge < -0.3 is 57.1 Å². The van der Waals surface area contributed by atoms with Gasteiger partial charge in [-0.3, -0.25) is 28.8 Å². The average molecular weight is 955 g/mol. The van der Waals surface area contributed by atoms with Gasteiger partial charge >= 0.3 is 0 Å². The zero-order valence-electron chi connectivity index (χ0n) is 41.8. The Balaban J connectivity index is 1.60. The summed E-state index contributed by atoms with van der Waals surface area (Å²) < 4.78 is 0. The monoisotopic (exact) mass is 955 g/mol. The minimum Gasteiger partial charge on any atom is -0.508 e. The number of aromatic hydroxyl groups is 1. The van der Waals surface area contributed by atoms with E-state index < -0.39 is 60.1 Å². The second-order valence-electron chi connectivity index (χ2n) is 19.3. The van der Waals surface area contributed by atoms with E-state index in [2.05, 4.69) is 47.4 Å². The second-order valence-corrected chi connectivity index (χ2v) is 19.3. The van der Waals surface area contributed by atoms with Crippen LogP contribution in [0.4, 0.5) is 0 Å². The molecule has 17 nitrogen and oxygen atoms in total. The van der Waals surface area contributed by atoms with E-state index in [1.165, 1.54) is 35.5 Å². The number of aldehydes is 1. The molecule has 2 saturated heterocycles. The van der Waals surface area contributed by atoms with E-state index in [4.69, 9.17) is 5.73 Å². The lowest BCUT2D eigenvalue weighted by atomic mass is 9.91. The summed E-state index contributed by atoms with van der Waals surface area (Å²) in [4.78, 5) is 96.4. The Morgan fingerprint density at radius 1 is 0.735 bits per heavy atom. The van der Waals surface area contributed by atoms with Gasteiger partial charge in [0.2, 0.25) is 35.4 Å². The first-order chi connectivity index (χ1) is 32.6. The Morgan fingerprint density at radius 2 is 1.37 bits per heavy atom. The number of likely N-dealkylation sites (N-methyl/N-ethyl adjacent to an activating group) is 1. The number of nitrogens with two attached hydrogens (primary N) is 1. The molecule has 0 radical (unpaired) electrons. The Labute approximate surface area is 405 Å². The van der Waals surface area contributed by atoms with E-state index in [1.54, 1.807) is 38.2 Å². The van der Waals surface area contributed by atoms with Crippen LogP contribution in [0.2, 0.25) is 0 Å². The number of benzene rings is 1. The number of nitrogens with one attached hydrogen (secondary N) is 5. The summed E-state index contributed by atoms with van der Waals surface area (Å²) in [6, 6.07) is 1.60. The predicted octanol–water partition coefficient (Wildman–Crippen LogP) is 3.76. The normalized spacial score (nSPS) is 19.0. The van der Waals surface area contributed by atoms with Crippen molar-refractivity contribution in [3.05, 3.63) is 29.8 Å². The minimum atomic E-state index is -1.29. The molecule has 2 aliphatic rings. The molecule has 0 saturated carbocycles. The van der Waals surface area contributed by atoms with E-state index in [9.17, 15) is 43.8 Å². The first-order valence-electron chi connectivity index (χ1n) is 25.7. The molecule has 9 N–H and O–H groups in total. The number of phenolic OH excluding ortho intramolecular Hbond substituents is 1. The first-order valence-corrected chi connectivity index (χ1v) is 25.7. The number of nitrogens with zero attached hydrogens (tertiary/aromatic N) is 2. The smallest absolute Gasteiger partial charge is 0.245 e. The molecule has 7 unspecified atom stereocenters. The van der Waals surface area contributed by atoms with Crippen molar-refractivity contribution >= 4 is 41.7 Å². The van der Waals surface area contributed by atoms with Gasteiger partial charge in [-0.15, -0.1) is 0 Å². The molecular formula is C51H86N8O9. The molecule has 17 heteroatoms. The fraction of sp³-hybridized carbons (Fsp3) is 0.745. The van der Waals surface area contributed by atoms with E-state index in [1.807, 2.05) is 0 Å². The van der Waals surface area contributed by atoms with Crippen LogP contribution < -0.4 is 32.3 Å². The fourth-order valence-corrected chi connectivity index (χ4v) is 9.40. The van der Waals surface area contributed by atoms with E-state index in [0.29, 0.717) is 71.0 Å². The number of carbonyl (C=O) groups excluding carboxylic acids is 7. The second kappa shape index (κ2) is 31.5. The highest BCUT2D eigenvalue weighted by atomic mass is 16.3. The van der Waals surface area contributed by atoms with Gasteiger partial charge in [-0.1, -0.05) is 84.8 Å². The Kier molecular flexibility index (Phi) is 26.7. The van der Waals surface area contributed by atoms with Crippen LogP contribution in [0.1, 0.15) is 155 Å². The molecule has 384 valence electrons. The first kappa shape index (κ1) is 57.7. The predicted molar refractivity (Wildman–Crippen MR) is 263 cm³/mol. The maximum absolute atomic E-state index is 14.0. The Morgan fingerprint density at radius 3 is 2.03 bits per heavy atom. The zero-order chi connectivity index (χ0) is 50.0. The minimum absolute atomic E-state index is 0.149. The number of aliphatic hydroxyl groups excluding tert-OH is 1. The highest BCUT2D eigenvalue weighted by Crippen LogP contribution is 2.23. The lowest BCUT2D eigenvalue weighted by Crippen LogP contribution is -2.57. The molecule has 0 bridgehead atoms. The number of likely N-dealkylation sites (tertiary alicyclic amines) is 2. The summed E-state index contributed by atoms with van der Waals surface area (Å²) in [5.41, 5.74) is 6.75. The van der Waals surface area contributed by atoms with Crippen LogP contribution in [0.5, 0.6) is 5.75 Å². The third-order valence-corrected chi connectivity index (χ3v) is 13.8. The van der Waals surface area contributed by atoms with Crippen LogP contribution in [0.25, 0.3) is 0 Å². The summed E-state index contributed by atoms with van der Waals surface area (Å²) in [5, 5.41) is 35.1. The molecule has 9 atom stereocenters. The number of unbranched alkanes of at least 4 members (excludes halogenated alkanes) is 5. The highest BCUT2D eigenvalue weighted by Gasteiger charge is 2.39. The van der Waals surface area contributed by atoms with Crippen molar-refractivity contribution in [2.75, 3.05) is 33.2 Å². The van der Waals surface area contributed by atoms with Crippen molar-refractivity contribution in [3.8, 4) is 5.75 Å². The Bertz CT molecular complexity index is 1720. The van der Waals surface area contributed by atoms with Crippen LogP contribution in [0.15, 0.2) is 24.3 Å². The molecule has 0 spiro atoms. The van der Waals surface area contributed by atoms with Crippen LogP contribution in [0.3, 0.4) is 0 Å². The summed E-state index contributed by atoms with van der Waals surface area (Å²) in [7, 11) is 1.67. The molecule has 2 heterocycles. The van der Waals surface area contributed by atoms with Gasteiger partial charge in [0.25, 0.3) is 0 Å². The molecule has 68 heavy (non-hydrogen) atoms. The summed E-state index contributed by atoms with van der Waals surface area (Å²) in [6.07, 6.45) is 13.1. The standard InChI is InChI=1S/C51H86N8O9/c1-6-35(3)31-36(4)17-12-10-8-9-11-13-21-46(63)55-44(48(65)56-41(7-2)50(67)58-29-15-18-38(58)34-60)32-40(62)33-54-49(66)45-20-16-30-59(45)51(68)43(19-14-28-52)57-47(64)42(53-5)27-24-37-22-25-39(61)26-23-37/h22-23,25-26,34-36,38,40-45,53,61-62H,6-21,24,27-33,52H2,1-5H3,(H,54,66)(H,55,63)(H,56,65)(H,57,64)/t35?,36?,38?,40-,41?,42?,43?,44+,45?/m1/s1. The van der Waals surface area contributed by atoms with Crippen molar-refractivity contribution in [1.82, 2.24) is 36.4 Å². The molecule has 1 aromatic carbocycles. The van der Waals surface area contributed by atoms with Gasteiger partial charge in [-0.25, -0.2) is 0 Å². The number of aryl methyl sites for hydroxylation is 1. The van der Waals surface area contributed by atoms with E-state index in [0.717, 1.165) is 49.4 Å². The molecule has 2 fully saturated rings. The summed E-state index contributed by atoms with van der Waals surface area (Å²) in [6.45, 7) is 9.32. The molecule has 1 aromatic rings. The molecule has 3 rings (SSSR count). The molecule has 0 aliphatic carbocycles. The quantitative estimate of drug-likeness (QED) is 0.0372. The number of carbonyl (C=O) groups is 7. The van der Waals surface area contributed by atoms with E-state index in [-0.39, 0.29) is 55.7 Å². The summed E-state index contributed by atoms with van der Waals surface area (Å²) in [5.74, 6) is -1.06. The van der Waals surface area contributed by atoms with Gasteiger partial charge in [0.05, 0.1) is 18.2 Å². The van der Waals surface area contributed by atoms with Gasteiger partial charge in [0, 0.05) is 32.5 Å². The molecule has 2 aliphatic heterocycles. The maximum Gasteiger partial charge on any atom is 0.245 e. The molecule has 0 aromatic heterocycles. The van der Waals surface area contributed by atoms with Crippen LogP contribution in [-0.2, 0) is 40.0 Å². The van der Waals surface area contributed by atoms with Crippen LogP contribution in [-0.4, -0.2) is 137 Å². The number of hydrogen-bond acceptors (Lipinski definition) is 11. The van der Waals surface area contributed by atoms with Gasteiger partial charge in [0.15, 0.2) is 0 Å². The number of phenols is 1. The zero-order valence-corrected chi connectivity index (χ0v) is 41.8. The number of amides is 6. The van der Waals surface area contributed by atoms with Crippen molar-refractivity contribution < 1.29 is 43.8 Å². The van der Waals surface area contributed by atoms with Crippen molar-refractivity contribution in [2.24, 2.45) is 17.6 Å². The van der Waals surface area contributed by atoms with Crippen molar-refractivity contribution in [2.45, 2.75) is 198 Å². The number of rotatable bonds is 33. The number of hydrogen-bond donors (Lipinski definition) is 8. The van der Waals surface area contributed by atoms with Crippen LogP contribution in [0, 0.1) is 11.8 Å². The van der Waals surface area contributed by atoms with Crippen molar-refractivity contribution in [3.63, 3.8) is 0 Å². The Hall–Kier alpha value is -4.61. The largest absolute Gasteiger partial charge is 0.508 e. The van der Waals surface area contributed by atoms with Crippen LogP contribution >= 0.6 is 0 Å². The number of aliphatic hydroxyl groups is 1. The van der Waals surface area contributed by atoms with E-state index >= 15 is 0 Å². The topological polar surface area (TPSA) is 253 Å². The summed E-state index contributed by atoms with van der Waals surface area (Å²) >= 11 is 0. The fourth-order valence-electron chi connectivity index (χ4n) is 9.40. The lowest BCUT2D eigenvalue weighted by molar-refractivity contribution is -0.142. The third kappa shape index (κ3) is 19.8. The molecule has 6 amide bonds. The third-order valence-electron chi connectivity index (χ3n) is 13.8.